The van der Waals surface area contributed by atoms with Crippen molar-refractivity contribution < 1.29 is 17.9 Å². The molecule has 1 aromatic heterocycles. The standard InChI is InChI=1S/C10H9F3N4O/c1-17-9(15-8(16-17)10(11,12)13)18-7-4-2-6(14)3-5-7/h2-5H,14H2,1H3. The van der Waals surface area contributed by atoms with Gasteiger partial charge < -0.3 is 10.5 Å². The molecule has 2 aromatic rings. The van der Waals surface area contributed by atoms with E-state index in [1.807, 2.05) is 0 Å². The van der Waals surface area contributed by atoms with E-state index in [1.54, 1.807) is 12.1 Å². The maximum absolute atomic E-state index is 12.4. The number of nitrogens with two attached hydrogens (primary N) is 1. The second kappa shape index (κ2) is 4.21. The Labute approximate surface area is 100.0 Å². The van der Waals surface area contributed by atoms with Crippen LogP contribution >= 0.6 is 0 Å². The minimum Gasteiger partial charge on any atom is -0.424 e. The summed E-state index contributed by atoms with van der Waals surface area (Å²) in [6, 6.07) is 5.94. The van der Waals surface area contributed by atoms with Crippen LogP contribution in [-0.4, -0.2) is 14.8 Å². The first-order valence-electron chi connectivity index (χ1n) is 4.88. The van der Waals surface area contributed by atoms with Gasteiger partial charge in [0.1, 0.15) is 5.75 Å². The van der Waals surface area contributed by atoms with Crippen LogP contribution in [0.4, 0.5) is 18.9 Å². The van der Waals surface area contributed by atoms with Gasteiger partial charge in [0.25, 0.3) is 5.82 Å². The lowest BCUT2D eigenvalue weighted by Crippen LogP contribution is -2.08. The van der Waals surface area contributed by atoms with Crippen LogP contribution in [0.3, 0.4) is 0 Å². The topological polar surface area (TPSA) is 66.0 Å². The van der Waals surface area contributed by atoms with Crippen molar-refractivity contribution in [2.24, 2.45) is 7.05 Å². The number of halogens is 3. The zero-order valence-corrected chi connectivity index (χ0v) is 9.27. The van der Waals surface area contributed by atoms with Crippen molar-refractivity contribution in [3.8, 4) is 11.8 Å². The number of nitrogen functional groups attached to an aromatic ring is 1. The quantitative estimate of drug-likeness (QED) is 0.838. The van der Waals surface area contributed by atoms with Gasteiger partial charge in [0, 0.05) is 12.7 Å². The van der Waals surface area contributed by atoms with Crippen molar-refractivity contribution in [3.63, 3.8) is 0 Å². The summed E-state index contributed by atoms with van der Waals surface area (Å²) < 4.78 is 43.2. The Morgan fingerprint density at radius 2 is 1.83 bits per heavy atom. The lowest BCUT2D eigenvalue weighted by atomic mass is 10.3. The van der Waals surface area contributed by atoms with Crippen LogP contribution in [0, 0.1) is 0 Å². The van der Waals surface area contributed by atoms with E-state index in [-0.39, 0.29) is 6.01 Å². The number of benzene rings is 1. The fraction of sp³-hybridized carbons (Fsp3) is 0.200. The second-order valence-corrected chi connectivity index (χ2v) is 3.51. The predicted molar refractivity (Wildman–Crippen MR) is 56.9 cm³/mol. The molecule has 0 unspecified atom stereocenters. The van der Waals surface area contributed by atoms with Crippen molar-refractivity contribution in [1.82, 2.24) is 14.8 Å². The fourth-order valence-electron chi connectivity index (χ4n) is 1.22. The largest absolute Gasteiger partial charge is 0.453 e. The van der Waals surface area contributed by atoms with E-state index in [4.69, 9.17) is 10.5 Å². The molecule has 0 amide bonds. The second-order valence-electron chi connectivity index (χ2n) is 3.51. The average Bonchev–Trinajstić information content (AvgIpc) is 2.63. The van der Waals surface area contributed by atoms with E-state index in [0.29, 0.717) is 11.4 Å². The summed E-state index contributed by atoms with van der Waals surface area (Å²) in [5.74, 6) is -0.913. The molecule has 18 heavy (non-hydrogen) atoms. The SMILES string of the molecule is Cn1nc(C(F)(F)F)nc1Oc1ccc(N)cc1. The highest BCUT2D eigenvalue weighted by molar-refractivity contribution is 5.42. The molecule has 0 aliphatic carbocycles. The van der Waals surface area contributed by atoms with Gasteiger partial charge in [-0.3, -0.25) is 0 Å². The average molecular weight is 258 g/mol. The van der Waals surface area contributed by atoms with E-state index >= 15 is 0 Å². The van der Waals surface area contributed by atoms with Crippen molar-refractivity contribution in [2.45, 2.75) is 6.18 Å². The Hall–Kier alpha value is -2.25. The van der Waals surface area contributed by atoms with Gasteiger partial charge in [0.05, 0.1) is 0 Å². The number of hydrogen-bond donors (Lipinski definition) is 1. The maximum atomic E-state index is 12.4. The monoisotopic (exact) mass is 258 g/mol. The van der Waals surface area contributed by atoms with E-state index in [0.717, 1.165) is 4.68 Å². The molecule has 0 spiro atoms. The molecule has 0 radical (unpaired) electrons. The molecular formula is C10H9F3N4O. The summed E-state index contributed by atoms with van der Waals surface area (Å²) in [4.78, 5) is 3.27. The Bertz CT molecular complexity index is 547. The number of rotatable bonds is 2. The molecular weight excluding hydrogens is 249 g/mol. The Balaban J connectivity index is 2.24. The lowest BCUT2D eigenvalue weighted by Gasteiger charge is -2.03. The first kappa shape index (κ1) is 12.2. The minimum absolute atomic E-state index is 0.243. The number of nitrogens with zero attached hydrogens (tertiary/aromatic N) is 3. The predicted octanol–water partition coefficient (Wildman–Crippen LogP) is 2.21. The first-order valence-corrected chi connectivity index (χ1v) is 4.88. The number of hydrogen-bond acceptors (Lipinski definition) is 4. The summed E-state index contributed by atoms with van der Waals surface area (Å²) in [7, 11) is 1.31. The summed E-state index contributed by atoms with van der Waals surface area (Å²) in [6.45, 7) is 0. The molecule has 5 nitrogen and oxygen atoms in total. The van der Waals surface area contributed by atoms with Gasteiger partial charge in [-0.25, -0.2) is 4.68 Å². The zero-order valence-electron chi connectivity index (χ0n) is 9.27. The molecule has 96 valence electrons. The van der Waals surface area contributed by atoms with Gasteiger partial charge in [0.15, 0.2) is 0 Å². The van der Waals surface area contributed by atoms with Gasteiger partial charge in [-0.05, 0) is 24.3 Å². The smallest absolute Gasteiger partial charge is 0.424 e. The van der Waals surface area contributed by atoms with Gasteiger partial charge in [-0.2, -0.15) is 18.2 Å². The van der Waals surface area contributed by atoms with E-state index in [1.165, 1.54) is 19.2 Å². The van der Waals surface area contributed by atoms with E-state index in [9.17, 15) is 13.2 Å². The Morgan fingerprint density at radius 3 is 2.33 bits per heavy atom. The molecule has 1 heterocycles. The Kier molecular flexibility index (Phi) is 2.85. The molecule has 0 saturated carbocycles. The summed E-state index contributed by atoms with van der Waals surface area (Å²) >= 11 is 0. The van der Waals surface area contributed by atoms with Crippen LogP contribution in [0.1, 0.15) is 5.82 Å². The van der Waals surface area contributed by atoms with Crippen LogP contribution in [0.15, 0.2) is 24.3 Å². The molecule has 1 aromatic carbocycles. The van der Waals surface area contributed by atoms with Crippen LogP contribution in [-0.2, 0) is 13.2 Å². The number of aryl methyl sites for hydroxylation is 1. The first-order chi connectivity index (χ1) is 8.36. The summed E-state index contributed by atoms with van der Waals surface area (Å²) in [6.07, 6.45) is -4.60. The summed E-state index contributed by atoms with van der Waals surface area (Å²) in [5.41, 5.74) is 6.00. The molecule has 2 rings (SSSR count). The van der Waals surface area contributed by atoms with E-state index in [2.05, 4.69) is 10.1 Å². The summed E-state index contributed by atoms with van der Waals surface area (Å²) in [5, 5.41) is 3.23. The highest BCUT2D eigenvalue weighted by Gasteiger charge is 2.37. The van der Waals surface area contributed by atoms with Crippen LogP contribution in [0.5, 0.6) is 11.8 Å². The van der Waals surface area contributed by atoms with Crippen molar-refractivity contribution in [1.29, 1.82) is 0 Å². The van der Waals surface area contributed by atoms with Crippen molar-refractivity contribution in [3.05, 3.63) is 30.1 Å². The van der Waals surface area contributed by atoms with E-state index < -0.39 is 12.0 Å². The maximum Gasteiger partial charge on any atom is 0.453 e. The normalized spacial score (nSPS) is 11.6. The van der Waals surface area contributed by atoms with Gasteiger partial charge in [-0.15, -0.1) is 5.10 Å². The van der Waals surface area contributed by atoms with Crippen LogP contribution in [0.2, 0.25) is 0 Å². The third-order valence-corrected chi connectivity index (χ3v) is 2.07. The van der Waals surface area contributed by atoms with Crippen LogP contribution < -0.4 is 10.5 Å². The van der Waals surface area contributed by atoms with Crippen molar-refractivity contribution in [2.75, 3.05) is 5.73 Å². The molecule has 0 aliphatic heterocycles. The number of anilines is 1. The highest BCUT2D eigenvalue weighted by Crippen LogP contribution is 2.29. The molecule has 2 N–H and O–H groups in total. The molecule has 0 aliphatic rings. The molecule has 0 atom stereocenters. The molecule has 0 bridgehead atoms. The van der Waals surface area contributed by atoms with Crippen molar-refractivity contribution >= 4 is 5.69 Å². The Morgan fingerprint density at radius 1 is 1.22 bits per heavy atom. The van der Waals surface area contributed by atoms with Gasteiger partial charge in [0.2, 0.25) is 0 Å². The third kappa shape index (κ3) is 2.53. The lowest BCUT2D eigenvalue weighted by molar-refractivity contribution is -0.145. The third-order valence-electron chi connectivity index (χ3n) is 2.07. The fourth-order valence-corrected chi connectivity index (χ4v) is 1.22. The molecule has 0 saturated heterocycles. The van der Waals surface area contributed by atoms with Gasteiger partial charge in [-0.1, -0.05) is 0 Å². The minimum atomic E-state index is -4.60. The van der Waals surface area contributed by atoms with Crippen LogP contribution in [0.25, 0.3) is 0 Å². The number of ether oxygens (including phenoxy) is 1. The zero-order chi connectivity index (χ0) is 13.3. The molecule has 8 heteroatoms. The highest BCUT2D eigenvalue weighted by atomic mass is 19.4. The van der Waals surface area contributed by atoms with Gasteiger partial charge >= 0.3 is 12.2 Å². The number of aromatic nitrogens is 3. The number of alkyl halides is 3. The molecule has 0 fully saturated rings.